The van der Waals surface area contributed by atoms with E-state index in [1.54, 1.807) is 0 Å². The fourth-order valence-electron chi connectivity index (χ4n) is 2.85. The van der Waals surface area contributed by atoms with E-state index in [1.165, 1.54) is 83.5 Å². The van der Waals surface area contributed by atoms with Crippen molar-refractivity contribution in [2.24, 2.45) is 5.92 Å². The Hall–Kier alpha value is -0.0400. The van der Waals surface area contributed by atoms with Gasteiger partial charge in [-0.3, -0.25) is 0 Å². The van der Waals surface area contributed by atoms with Gasteiger partial charge in [0.15, 0.2) is 0 Å². The van der Waals surface area contributed by atoms with Gasteiger partial charge in [-0.25, -0.2) is 5.11 Å². The van der Waals surface area contributed by atoms with Gasteiger partial charge in [0.1, 0.15) is 0 Å². The lowest BCUT2D eigenvalue weighted by Gasteiger charge is -2.15. The van der Waals surface area contributed by atoms with Crippen LogP contribution in [0.25, 0.3) is 0 Å². The normalized spacial score (nSPS) is 12.8. The molecule has 0 aromatic heterocycles. The summed E-state index contributed by atoms with van der Waals surface area (Å²) in [5.41, 5.74) is 0. The summed E-state index contributed by atoms with van der Waals surface area (Å²) in [7, 11) is 0. The molecule has 1 unspecified atom stereocenters. The van der Waals surface area contributed by atoms with Crippen LogP contribution in [-0.4, -0.2) is 6.61 Å². The lowest BCUT2D eigenvalue weighted by atomic mass is 9.92. The lowest BCUT2D eigenvalue weighted by Crippen LogP contribution is -2.03. The molecule has 0 aliphatic carbocycles. The van der Waals surface area contributed by atoms with Gasteiger partial charge in [-0.15, -0.1) is 0 Å². The zero-order valence-corrected chi connectivity index (χ0v) is 13.6. The standard InChI is InChI=1S/C18H37O/c1-3-5-7-9-10-11-13-15-18(16-17-19)14-12-8-6-4-2/h18H,3-17H2,1-2H3. The van der Waals surface area contributed by atoms with E-state index in [4.69, 9.17) is 0 Å². The molecule has 1 nitrogen and oxygen atoms in total. The molecule has 0 saturated heterocycles. The highest BCUT2D eigenvalue weighted by Gasteiger charge is 2.08. The van der Waals surface area contributed by atoms with Crippen LogP contribution in [0, 0.1) is 5.92 Å². The van der Waals surface area contributed by atoms with E-state index in [2.05, 4.69) is 13.8 Å². The lowest BCUT2D eigenvalue weighted by molar-refractivity contribution is 0.163. The Morgan fingerprint density at radius 3 is 1.47 bits per heavy atom. The summed E-state index contributed by atoms with van der Waals surface area (Å²) >= 11 is 0. The quantitative estimate of drug-likeness (QED) is 0.301. The molecule has 0 spiro atoms. The zero-order valence-electron chi connectivity index (χ0n) is 13.6. The number of rotatable bonds is 15. The van der Waals surface area contributed by atoms with Crippen LogP contribution in [0.1, 0.15) is 104 Å². The minimum atomic E-state index is 0.134. The van der Waals surface area contributed by atoms with Gasteiger partial charge >= 0.3 is 0 Å². The Balaban J connectivity index is 3.42. The zero-order chi connectivity index (χ0) is 14.2. The van der Waals surface area contributed by atoms with Gasteiger partial charge in [-0.2, -0.15) is 0 Å². The van der Waals surface area contributed by atoms with Crippen molar-refractivity contribution in [3.8, 4) is 0 Å². The van der Waals surface area contributed by atoms with Gasteiger partial charge < -0.3 is 0 Å². The summed E-state index contributed by atoms with van der Waals surface area (Å²) in [6, 6.07) is 0. The van der Waals surface area contributed by atoms with Crippen LogP contribution in [0.2, 0.25) is 0 Å². The van der Waals surface area contributed by atoms with Crippen LogP contribution in [0.5, 0.6) is 0 Å². The predicted octanol–water partition coefficient (Wildman–Crippen LogP) is 6.53. The molecular formula is C18H37O. The molecule has 0 aromatic rings. The molecule has 0 rings (SSSR count). The maximum atomic E-state index is 10.8. The molecule has 0 saturated carbocycles. The molecule has 0 N–H and O–H groups in total. The molecule has 19 heavy (non-hydrogen) atoms. The van der Waals surface area contributed by atoms with E-state index < -0.39 is 0 Å². The Morgan fingerprint density at radius 1 is 0.579 bits per heavy atom. The third kappa shape index (κ3) is 14.2. The average Bonchev–Trinajstić information content (AvgIpc) is 2.42. The van der Waals surface area contributed by atoms with Crippen molar-refractivity contribution in [3.63, 3.8) is 0 Å². The fraction of sp³-hybridized carbons (Fsp3) is 1.00. The van der Waals surface area contributed by atoms with E-state index >= 15 is 0 Å². The molecule has 1 atom stereocenters. The van der Waals surface area contributed by atoms with Gasteiger partial charge in [0.05, 0.1) is 6.61 Å². The van der Waals surface area contributed by atoms with Crippen LogP contribution in [-0.2, 0) is 5.11 Å². The largest absolute Gasteiger partial charge is 0.237 e. The topological polar surface area (TPSA) is 19.9 Å². The SMILES string of the molecule is CCCCCCCCCC(CC[O])CCCCCC. The molecule has 0 fully saturated rings. The van der Waals surface area contributed by atoms with Crippen LogP contribution in [0.3, 0.4) is 0 Å². The Morgan fingerprint density at radius 2 is 1.00 bits per heavy atom. The first-order valence-electron chi connectivity index (χ1n) is 8.93. The van der Waals surface area contributed by atoms with E-state index in [1.807, 2.05) is 0 Å². The molecule has 1 radical (unpaired) electrons. The number of hydrogen-bond donors (Lipinski definition) is 0. The molecule has 115 valence electrons. The highest BCUT2D eigenvalue weighted by atomic mass is 16.3. The second-order valence-electron chi connectivity index (χ2n) is 6.12. The monoisotopic (exact) mass is 269 g/mol. The van der Waals surface area contributed by atoms with Crippen molar-refractivity contribution >= 4 is 0 Å². The first kappa shape index (κ1) is 19.0. The first-order chi connectivity index (χ1) is 9.35. The first-order valence-corrected chi connectivity index (χ1v) is 8.93. The highest BCUT2D eigenvalue weighted by Crippen LogP contribution is 2.21. The van der Waals surface area contributed by atoms with Crippen LogP contribution in [0.15, 0.2) is 0 Å². The van der Waals surface area contributed by atoms with Crippen molar-refractivity contribution in [3.05, 3.63) is 0 Å². The Kier molecular flexibility index (Phi) is 16.0. The van der Waals surface area contributed by atoms with Crippen molar-refractivity contribution in [2.45, 2.75) is 104 Å². The van der Waals surface area contributed by atoms with Gasteiger partial charge in [0.2, 0.25) is 0 Å². The van der Waals surface area contributed by atoms with E-state index in [0.717, 1.165) is 12.3 Å². The van der Waals surface area contributed by atoms with Crippen molar-refractivity contribution in [1.29, 1.82) is 0 Å². The van der Waals surface area contributed by atoms with Crippen molar-refractivity contribution in [2.75, 3.05) is 6.61 Å². The second-order valence-corrected chi connectivity index (χ2v) is 6.12. The number of unbranched alkanes of at least 4 members (excludes halogenated alkanes) is 9. The highest BCUT2D eigenvalue weighted by molar-refractivity contribution is 4.60. The Labute approximate surface area is 122 Å². The van der Waals surface area contributed by atoms with Crippen LogP contribution >= 0.6 is 0 Å². The van der Waals surface area contributed by atoms with Crippen LogP contribution in [0.4, 0.5) is 0 Å². The third-order valence-electron chi connectivity index (χ3n) is 4.21. The van der Waals surface area contributed by atoms with E-state index in [0.29, 0.717) is 0 Å². The summed E-state index contributed by atoms with van der Waals surface area (Å²) in [6.45, 7) is 4.66. The van der Waals surface area contributed by atoms with Crippen molar-refractivity contribution in [1.82, 2.24) is 0 Å². The van der Waals surface area contributed by atoms with Crippen LogP contribution < -0.4 is 0 Å². The summed E-state index contributed by atoms with van der Waals surface area (Å²) < 4.78 is 0. The van der Waals surface area contributed by atoms with Crippen molar-refractivity contribution < 1.29 is 5.11 Å². The molecular weight excluding hydrogens is 232 g/mol. The summed E-state index contributed by atoms with van der Waals surface area (Å²) in [6.07, 6.45) is 18.6. The summed E-state index contributed by atoms with van der Waals surface area (Å²) in [4.78, 5) is 0. The minimum absolute atomic E-state index is 0.134. The maximum Gasteiger partial charge on any atom is 0.0825 e. The smallest absolute Gasteiger partial charge is 0.0825 e. The van der Waals surface area contributed by atoms with Gasteiger partial charge in [-0.1, -0.05) is 97.3 Å². The molecule has 0 bridgehead atoms. The van der Waals surface area contributed by atoms with E-state index in [9.17, 15) is 5.11 Å². The molecule has 0 amide bonds. The predicted molar refractivity (Wildman–Crippen MR) is 85.0 cm³/mol. The van der Waals surface area contributed by atoms with Gasteiger partial charge in [-0.05, 0) is 12.3 Å². The van der Waals surface area contributed by atoms with Gasteiger partial charge in [0.25, 0.3) is 0 Å². The minimum Gasteiger partial charge on any atom is -0.237 e. The fourth-order valence-corrected chi connectivity index (χ4v) is 2.85. The third-order valence-corrected chi connectivity index (χ3v) is 4.21. The van der Waals surface area contributed by atoms with Gasteiger partial charge in [0, 0.05) is 0 Å². The summed E-state index contributed by atoms with van der Waals surface area (Å²) in [5.74, 6) is 0.727. The molecule has 0 aliphatic rings. The Bertz CT molecular complexity index is 156. The summed E-state index contributed by atoms with van der Waals surface area (Å²) in [5, 5.41) is 10.8. The molecule has 0 aliphatic heterocycles. The average molecular weight is 269 g/mol. The maximum absolute atomic E-state index is 10.8. The number of hydrogen-bond acceptors (Lipinski definition) is 0. The van der Waals surface area contributed by atoms with E-state index in [-0.39, 0.29) is 6.61 Å². The molecule has 1 heteroatoms. The molecule has 0 aromatic carbocycles. The second kappa shape index (κ2) is 16.0. The molecule has 0 heterocycles.